The van der Waals surface area contributed by atoms with Crippen LogP contribution >= 0.6 is 0 Å². The summed E-state index contributed by atoms with van der Waals surface area (Å²) in [5.74, 6) is 1.83. The Hall–Kier alpha value is 0.110. The monoisotopic (exact) mass is 233 g/mol. The van der Waals surface area contributed by atoms with E-state index in [1.54, 1.807) is 0 Å². The van der Waals surface area contributed by atoms with Crippen LogP contribution in [0.15, 0.2) is 0 Å². The molecule has 0 radical (unpaired) electrons. The van der Waals surface area contributed by atoms with Crippen molar-refractivity contribution in [1.82, 2.24) is 5.32 Å². The van der Waals surface area contributed by atoms with Gasteiger partial charge in [-0.25, -0.2) is 0 Å². The zero-order valence-electron chi connectivity index (χ0n) is 11.0. The van der Waals surface area contributed by atoms with Crippen LogP contribution in [0.1, 0.15) is 41.5 Å². The van der Waals surface area contributed by atoms with Crippen LogP contribution in [-0.4, -0.2) is 27.8 Å². The van der Waals surface area contributed by atoms with Crippen LogP contribution in [-0.2, 0) is 10.8 Å². The molecule has 0 rings (SSSR count). The van der Waals surface area contributed by atoms with E-state index in [1.165, 1.54) is 0 Å². The minimum Gasteiger partial charge on any atom is -0.313 e. The zero-order valence-corrected chi connectivity index (χ0v) is 11.9. The maximum absolute atomic E-state index is 12.0. The molecular formula is C12H27NOS. The summed E-state index contributed by atoms with van der Waals surface area (Å²) in [6.07, 6.45) is 0. The van der Waals surface area contributed by atoms with Gasteiger partial charge in [0, 0.05) is 27.8 Å². The average Bonchev–Trinajstić information content (AvgIpc) is 2.15. The molecular weight excluding hydrogens is 206 g/mol. The van der Waals surface area contributed by atoms with Gasteiger partial charge in [0.1, 0.15) is 0 Å². The van der Waals surface area contributed by atoms with Crippen LogP contribution in [0.3, 0.4) is 0 Å². The lowest BCUT2D eigenvalue weighted by Gasteiger charge is -2.24. The Balaban J connectivity index is 4.22. The number of nitrogens with one attached hydrogen (secondary N) is 1. The van der Waals surface area contributed by atoms with Gasteiger partial charge < -0.3 is 5.32 Å². The van der Waals surface area contributed by atoms with E-state index in [-0.39, 0.29) is 0 Å². The Morgan fingerprint density at radius 2 is 1.60 bits per heavy atom. The van der Waals surface area contributed by atoms with Gasteiger partial charge in [-0.1, -0.05) is 41.5 Å². The highest BCUT2D eigenvalue weighted by Gasteiger charge is 2.20. The van der Waals surface area contributed by atoms with Gasteiger partial charge in [0.05, 0.1) is 0 Å². The Labute approximate surface area is 97.7 Å². The first-order valence-corrected chi connectivity index (χ1v) is 7.38. The maximum Gasteiger partial charge on any atom is 0.0394 e. The highest BCUT2D eigenvalue weighted by Crippen LogP contribution is 2.12. The molecule has 0 aromatic carbocycles. The van der Waals surface area contributed by atoms with Gasteiger partial charge in [0.2, 0.25) is 0 Å². The topological polar surface area (TPSA) is 29.1 Å². The van der Waals surface area contributed by atoms with E-state index in [1.807, 2.05) is 0 Å². The molecule has 1 N–H and O–H groups in total. The lowest BCUT2D eigenvalue weighted by atomic mass is 10.1. The zero-order chi connectivity index (χ0) is 12.0. The summed E-state index contributed by atoms with van der Waals surface area (Å²) in [5.41, 5.74) is 0. The van der Waals surface area contributed by atoms with Crippen LogP contribution < -0.4 is 5.32 Å². The van der Waals surface area contributed by atoms with E-state index in [0.29, 0.717) is 23.1 Å². The molecule has 2 nitrogen and oxygen atoms in total. The van der Waals surface area contributed by atoms with E-state index < -0.39 is 10.8 Å². The fourth-order valence-corrected chi connectivity index (χ4v) is 3.15. The second-order valence-electron chi connectivity index (χ2n) is 4.90. The molecule has 0 aromatic heterocycles. The van der Waals surface area contributed by atoms with Crippen LogP contribution in [0.2, 0.25) is 0 Å². The third kappa shape index (κ3) is 5.67. The first-order chi connectivity index (χ1) is 6.90. The summed E-state index contributed by atoms with van der Waals surface area (Å²) in [6, 6.07) is 0.386. The van der Waals surface area contributed by atoms with Gasteiger partial charge in [-0.05, 0) is 18.4 Å². The molecule has 3 unspecified atom stereocenters. The Kier molecular flexibility index (Phi) is 7.45. The molecule has 0 saturated carbocycles. The molecule has 0 amide bonds. The molecule has 0 aliphatic rings. The van der Waals surface area contributed by atoms with Crippen LogP contribution in [0.25, 0.3) is 0 Å². The van der Waals surface area contributed by atoms with Crippen LogP contribution in [0.5, 0.6) is 0 Å². The molecule has 92 valence electrons. The molecule has 0 fully saturated rings. The maximum atomic E-state index is 12.0. The van der Waals surface area contributed by atoms with Crippen LogP contribution in [0.4, 0.5) is 0 Å². The third-order valence-electron chi connectivity index (χ3n) is 2.97. The van der Waals surface area contributed by atoms with Gasteiger partial charge in [-0.3, -0.25) is 4.21 Å². The molecule has 0 spiro atoms. The smallest absolute Gasteiger partial charge is 0.0394 e. The van der Waals surface area contributed by atoms with Crippen molar-refractivity contribution >= 4 is 10.8 Å². The predicted molar refractivity (Wildman–Crippen MR) is 69.6 cm³/mol. The molecule has 0 aromatic rings. The molecule has 0 aliphatic heterocycles. The summed E-state index contributed by atoms with van der Waals surface area (Å²) in [4.78, 5) is 0. The number of hydrogen-bond acceptors (Lipinski definition) is 2. The number of hydrogen-bond donors (Lipinski definition) is 1. The predicted octanol–water partition coefficient (Wildman–Crippen LogP) is 2.41. The molecule has 3 heteroatoms. The van der Waals surface area contributed by atoms with E-state index in [2.05, 4.69) is 46.9 Å². The summed E-state index contributed by atoms with van der Waals surface area (Å²) in [5, 5.41) is 3.71. The fourth-order valence-electron chi connectivity index (χ4n) is 1.38. The summed E-state index contributed by atoms with van der Waals surface area (Å²) < 4.78 is 12.0. The molecule has 15 heavy (non-hydrogen) atoms. The van der Waals surface area contributed by atoms with Crippen LogP contribution in [0, 0.1) is 11.8 Å². The van der Waals surface area contributed by atoms with E-state index in [9.17, 15) is 4.21 Å². The average molecular weight is 233 g/mol. The fraction of sp³-hybridized carbons (Fsp3) is 1.00. The van der Waals surface area contributed by atoms with Crippen molar-refractivity contribution in [2.75, 3.05) is 12.3 Å². The Bertz CT molecular complexity index is 192. The Morgan fingerprint density at radius 1 is 1.07 bits per heavy atom. The summed E-state index contributed by atoms with van der Waals surface area (Å²) in [6.45, 7) is 13.8. The highest BCUT2D eigenvalue weighted by atomic mass is 32.2. The van der Waals surface area contributed by atoms with Crippen molar-refractivity contribution in [2.24, 2.45) is 11.8 Å². The Morgan fingerprint density at radius 3 is 1.93 bits per heavy atom. The minimum atomic E-state index is -0.710. The van der Waals surface area contributed by atoms with Gasteiger partial charge in [0.25, 0.3) is 0 Å². The highest BCUT2D eigenvalue weighted by molar-refractivity contribution is 7.85. The van der Waals surface area contributed by atoms with Gasteiger partial charge in [-0.15, -0.1) is 0 Å². The van der Waals surface area contributed by atoms with Gasteiger partial charge in [0.15, 0.2) is 0 Å². The standard InChI is InChI=1S/C12H27NOS/c1-7-13-12(10(4)5)8-15(14)11(6)9(2)3/h9-13H,7-8H2,1-6H3. The first-order valence-electron chi connectivity index (χ1n) is 6.00. The lowest BCUT2D eigenvalue weighted by molar-refractivity contribution is 0.438. The largest absolute Gasteiger partial charge is 0.313 e. The van der Waals surface area contributed by atoms with E-state index in [4.69, 9.17) is 0 Å². The quantitative estimate of drug-likeness (QED) is 0.731. The summed E-state index contributed by atoms with van der Waals surface area (Å²) >= 11 is 0. The molecule has 0 aliphatic carbocycles. The molecule has 0 saturated heterocycles. The van der Waals surface area contributed by atoms with Crippen molar-refractivity contribution in [3.8, 4) is 0 Å². The first kappa shape index (κ1) is 15.1. The second kappa shape index (κ2) is 7.39. The van der Waals surface area contributed by atoms with Gasteiger partial charge in [-0.2, -0.15) is 0 Å². The number of rotatable bonds is 7. The minimum absolute atomic E-state index is 0.296. The van der Waals surface area contributed by atoms with Crippen molar-refractivity contribution in [2.45, 2.75) is 52.8 Å². The second-order valence-corrected chi connectivity index (χ2v) is 6.74. The molecule has 0 bridgehead atoms. The molecule has 3 atom stereocenters. The normalized spacial score (nSPS) is 18.1. The third-order valence-corrected chi connectivity index (χ3v) is 5.03. The van der Waals surface area contributed by atoms with Crippen molar-refractivity contribution in [1.29, 1.82) is 0 Å². The van der Waals surface area contributed by atoms with Crippen molar-refractivity contribution in [3.63, 3.8) is 0 Å². The van der Waals surface area contributed by atoms with Crippen molar-refractivity contribution in [3.05, 3.63) is 0 Å². The van der Waals surface area contributed by atoms with Crippen molar-refractivity contribution < 1.29 is 4.21 Å². The molecule has 0 heterocycles. The lowest BCUT2D eigenvalue weighted by Crippen LogP contribution is -2.40. The van der Waals surface area contributed by atoms with E-state index >= 15 is 0 Å². The SMILES string of the molecule is CCNC(CS(=O)C(C)C(C)C)C(C)C. The van der Waals surface area contributed by atoms with Gasteiger partial charge >= 0.3 is 0 Å². The van der Waals surface area contributed by atoms with E-state index in [0.717, 1.165) is 12.3 Å². The summed E-state index contributed by atoms with van der Waals surface area (Å²) in [7, 11) is -0.710.